The second-order valence-electron chi connectivity index (χ2n) is 6.64. The molecule has 0 heterocycles. The average Bonchev–Trinajstić information content (AvgIpc) is 2.83. The predicted molar refractivity (Wildman–Crippen MR) is 154 cm³/mol. The Balaban J connectivity index is 0.000000806. The van der Waals surface area contributed by atoms with Crippen LogP contribution in [-0.2, 0) is 8.07 Å². The smallest absolute Gasteiger partial charge is 0.0620 e. The van der Waals surface area contributed by atoms with Crippen molar-refractivity contribution >= 4 is 78.0 Å². The molecular formula is C25H24I2NiP2+2. The summed E-state index contributed by atoms with van der Waals surface area (Å²) in [6.45, 7) is 0. The van der Waals surface area contributed by atoms with Crippen molar-refractivity contribution in [2.24, 2.45) is 0 Å². The molecular weight excluding hydrogens is 675 g/mol. The summed E-state index contributed by atoms with van der Waals surface area (Å²) in [5.41, 5.74) is 0. The number of hydrogen-bond acceptors (Lipinski definition) is 0. The molecule has 0 aliphatic carbocycles. The predicted octanol–water partition coefficient (Wildman–Crippen LogP) is 6.44. The summed E-state index contributed by atoms with van der Waals surface area (Å²) in [7, 11) is -0.130. The van der Waals surface area contributed by atoms with Crippen LogP contribution in [0.3, 0.4) is 0 Å². The second-order valence-corrected chi connectivity index (χ2v) is 20.6. The van der Waals surface area contributed by atoms with Crippen LogP contribution in [0.15, 0.2) is 121 Å². The third kappa shape index (κ3) is 7.38. The second kappa shape index (κ2) is 14.0. The van der Waals surface area contributed by atoms with Crippen molar-refractivity contribution in [3.05, 3.63) is 121 Å². The Morgan fingerprint density at radius 1 is 0.433 bits per heavy atom. The van der Waals surface area contributed by atoms with Crippen molar-refractivity contribution in [1.29, 1.82) is 0 Å². The molecule has 0 aromatic heterocycles. The molecule has 4 rings (SSSR count). The van der Waals surface area contributed by atoms with E-state index < -0.39 is 15.8 Å². The van der Waals surface area contributed by atoms with Gasteiger partial charge in [-0.25, -0.2) is 0 Å². The van der Waals surface area contributed by atoms with Crippen molar-refractivity contribution in [2.45, 2.75) is 0 Å². The molecule has 0 spiro atoms. The summed E-state index contributed by atoms with van der Waals surface area (Å²) >= 11 is 4.43. The molecule has 0 saturated heterocycles. The minimum atomic E-state index is -0.847. The zero-order valence-electron chi connectivity index (χ0n) is 16.3. The van der Waals surface area contributed by atoms with Crippen molar-refractivity contribution < 1.29 is 8.07 Å². The molecule has 0 nitrogen and oxygen atoms in total. The molecule has 5 heteroatoms. The molecule has 156 valence electrons. The van der Waals surface area contributed by atoms with E-state index in [-0.39, 0.29) is 0 Å². The number of halogens is 2. The molecule has 0 radical (unpaired) electrons. The molecule has 0 atom stereocenters. The molecule has 0 aliphatic rings. The molecule has 0 fully saturated rings. The van der Waals surface area contributed by atoms with Gasteiger partial charge in [-0.3, -0.25) is 0 Å². The van der Waals surface area contributed by atoms with Crippen LogP contribution >= 0.6 is 56.8 Å². The van der Waals surface area contributed by atoms with Crippen LogP contribution in [0.5, 0.6) is 0 Å². The third-order valence-electron chi connectivity index (χ3n) is 4.84. The Kier molecular flexibility index (Phi) is 11.3. The Morgan fingerprint density at radius 2 is 0.633 bits per heavy atom. The van der Waals surface area contributed by atoms with Gasteiger partial charge in [0.2, 0.25) is 0 Å². The summed E-state index contributed by atoms with van der Waals surface area (Å²) in [5.74, 6) is 1.25. The first kappa shape index (κ1) is 24.3. The van der Waals surface area contributed by atoms with E-state index in [2.05, 4.69) is 162 Å². The topological polar surface area (TPSA) is 0 Å². The maximum atomic E-state index is 2.32. The number of hydrogen-bond donors (Lipinski definition) is 0. The van der Waals surface area contributed by atoms with E-state index in [1.165, 1.54) is 27.1 Å². The largest absolute Gasteiger partial charge is 0.174 e. The van der Waals surface area contributed by atoms with Crippen LogP contribution in [-0.4, -0.2) is 5.90 Å². The molecule has 30 heavy (non-hydrogen) atoms. The normalized spacial score (nSPS) is 10.7. The summed E-state index contributed by atoms with van der Waals surface area (Å²) < 4.78 is 0. The van der Waals surface area contributed by atoms with Gasteiger partial charge in [0.15, 0.2) is 5.90 Å². The van der Waals surface area contributed by atoms with Crippen LogP contribution in [0.25, 0.3) is 0 Å². The molecule has 4 aromatic rings. The van der Waals surface area contributed by atoms with Crippen LogP contribution in [0.2, 0.25) is 0 Å². The Bertz CT molecular complexity index is 811. The van der Waals surface area contributed by atoms with Gasteiger partial charge < -0.3 is 0 Å². The maximum Gasteiger partial charge on any atom is 0.174 e. The van der Waals surface area contributed by atoms with E-state index in [1.54, 1.807) is 8.07 Å². The van der Waals surface area contributed by atoms with Gasteiger partial charge in [0.05, 0.1) is 0 Å². The van der Waals surface area contributed by atoms with Crippen LogP contribution in [0.1, 0.15) is 0 Å². The van der Waals surface area contributed by atoms with Gasteiger partial charge in [0.25, 0.3) is 0 Å². The van der Waals surface area contributed by atoms with Crippen molar-refractivity contribution in [2.75, 3.05) is 5.90 Å². The van der Waals surface area contributed by atoms with Crippen molar-refractivity contribution in [3.63, 3.8) is 0 Å². The SMILES string of the molecule is [I][Ni][I].c1ccc([PH+](C[PH+](c2ccccc2)c2ccccc2)c2ccccc2)cc1. The fourth-order valence-electron chi connectivity index (χ4n) is 3.48. The van der Waals surface area contributed by atoms with Crippen LogP contribution in [0, 0.1) is 0 Å². The summed E-state index contributed by atoms with van der Waals surface area (Å²) in [6, 6.07) is 44.5. The zero-order chi connectivity index (χ0) is 21.0. The first-order valence-electron chi connectivity index (χ1n) is 9.59. The Labute approximate surface area is 211 Å². The minimum Gasteiger partial charge on any atom is -0.0620 e. The van der Waals surface area contributed by atoms with Gasteiger partial charge in [0, 0.05) is 0 Å². The van der Waals surface area contributed by atoms with Gasteiger partial charge >= 0.3 is 49.0 Å². The summed E-state index contributed by atoms with van der Waals surface area (Å²) in [4.78, 5) is 0. The first-order valence-corrected chi connectivity index (χ1v) is 19.4. The van der Waals surface area contributed by atoms with Gasteiger partial charge in [-0.1, -0.05) is 72.8 Å². The number of benzene rings is 4. The fraction of sp³-hybridized carbons (Fsp3) is 0.0400. The summed E-state index contributed by atoms with van der Waals surface area (Å²) in [5, 5.41) is 6.01. The van der Waals surface area contributed by atoms with Gasteiger partial charge in [-0.15, -0.1) is 0 Å². The third-order valence-corrected chi connectivity index (χ3v) is 11.8. The van der Waals surface area contributed by atoms with E-state index in [9.17, 15) is 0 Å². The maximum absolute atomic E-state index is 2.32. The molecule has 4 aromatic carbocycles. The van der Waals surface area contributed by atoms with Crippen molar-refractivity contribution in [3.8, 4) is 0 Å². The van der Waals surface area contributed by atoms with Gasteiger partial charge in [0.1, 0.15) is 37.1 Å². The molecule has 0 aliphatic heterocycles. The number of rotatable bonds is 6. The standard InChI is InChI=1S/C25H22P2.2HI.Ni/c1-5-13-22(14-6-1)26(23-15-7-2-8-16-23)21-27(24-17-9-3-10-18-24)25-19-11-4-12-20-25;;;/h1-20H,21H2;2*1H;/q;;;+2. The van der Waals surface area contributed by atoms with Gasteiger partial charge in [-0.2, -0.15) is 0 Å². The minimum absolute atomic E-state index is 0.847. The molecule has 0 saturated carbocycles. The quantitative estimate of drug-likeness (QED) is 0.124. The van der Waals surface area contributed by atoms with Crippen LogP contribution < -0.4 is 21.2 Å². The molecule has 0 amide bonds. The van der Waals surface area contributed by atoms with E-state index in [0.717, 1.165) is 0 Å². The summed E-state index contributed by atoms with van der Waals surface area (Å²) in [6.07, 6.45) is 0. The zero-order valence-corrected chi connectivity index (χ0v) is 23.6. The van der Waals surface area contributed by atoms with E-state index in [4.69, 9.17) is 0 Å². The fourth-order valence-corrected chi connectivity index (χ4v) is 11.2. The average molecular weight is 699 g/mol. The first-order chi connectivity index (χ1) is 14.8. The Morgan fingerprint density at radius 3 is 0.833 bits per heavy atom. The van der Waals surface area contributed by atoms with E-state index >= 15 is 0 Å². The molecule has 0 N–H and O–H groups in total. The Hall–Kier alpha value is -0.306. The monoisotopic (exact) mass is 698 g/mol. The van der Waals surface area contributed by atoms with Crippen LogP contribution in [0.4, 0.5) is 0 Å². The van der Waals surface area contributed by atoms with Gasteiger partial charge in [-0.05, 0) is 48.5 Å². The van der Waals surface area contributed by atoms with E-state index in [1.807, 2.05) is 0 Å². The molecule has 0 unspecified atom stereocenters. The van der Waals surface area contributed by atoms with E-state index in [0.29, 0.717) is 0 Å². The molecule has 0 bridgehead atoms. The van der Waals surface area contributed by atoms with Crippen molar-refractivity contribution in [1.82, 2.24) is 0 Å².